The number of phenols is 1. The summed E-state index contributed by atoms with van der Waals surface area (Å²) < 4.78 is 6.51. The average molecular weight is 521 g/mol. The number of carbonyl (C=O) groups is 1. The molecule has 1 saturated carbocycles. The summed E-state index contributed by atoms with van der Waals surface area (Å²) in [5.74, 6) is 1.05. The molecule has 0 unspecified atom stereocenters. The molecule has 37 heavy (non-hydrogen) atoms. The number of aromatic hydroxyl groups is 1. The number of nitrogens with one attached hydrogen (secondary N) is 2. The van der Waals surface area contributed by atoms with Gasteiger partial charge in [-0.25, -0.2) is 4.98 Å². The molecule has 8 nitrogen and oxygen atoms in total. The van der Waals surface area contributed by atoms with Crippen molar-refractivity contribution in [3.05, 3.63) is 65.5 Å². The van der Waals surface area contributed by atoms with Crippen molar-refractivity contribution in [3.8, 4) is 11.5 Å². The summed E-state index contributed by atoms with van der Waals surface area (Å²) in [6.45, 7) is 1.87. The second-order valence-corrected chi connectivity index (χ2v) is 11.2. The molecule has 0 radical (unpaired) electrons. The van der Waals surface area contributed by atoms with Gasteiger partial charge in [0, 0.05) is 35.9 Å². The Morgan fingerprint density at radius 3 is 3.00 bits per heavy atom. The van der Waals surface area contributed by atoms with Gasteiger partial charge in [0.05, 0.1) is 17.0 Å². The van der Waals surface area contributed by atoms with E-state index in [9.17, 15) is 15.0 Å². The monoisotopic (exact) mass is 520 g/mol. The molecule has 1 spiro atoms. The van der Waals surface area contributed by atoms with E-state index in [1.807, 2.05) is 30.4 Å². The van der Waals surface area contributed by atoms with Gasteiger partial charge < -0.3 is 25.3 Å². The Bertz CT molecular complexity index is 1470. The Labute approximate surface area is 220 Å². The van der Waals surface area contributed by atoms with Crippen LogP contribution >= 0.6 is 12.4 Å². The number of halogens is 1. The molecule has 4 heterocycles. The van der Waals surface area contributed by atoms with Crippen molar-refractivity contribution in [2.45, 2.75) is 54.9 Å². The number of likely N-dealkylation sites (tertiary alicyclic amines) is 1. The molecular weight excluding hydrogens is 492 g/mol. The van der Waals surface area contributed by atoms with Crippen LogP contribution in [0.3, 0.4) is 0 Å². The van der Waals surface area contributed by atoms with E-state index in [4.69, 9.17) is 4.74 Å². The standard InChI is InChI=1S/C28H28N4O4.ClH/c33-20-6-5-16-12-21-28(35)8-7-19(31-26(34)18-13-30-25-17(18)2-1-10-29-25)24-27(28,22(16)23(20)36-24)9-11-32(21)14-15-3-4-15;/h1-2,5-8,10,13,15,19,21,24,33,35H,3-4,9,11-12,14H2,(H,29,30)(H,31,34);1H/t19-,21+,24-,27-,28+;/m0./s1. The van der Waals surface area contributed by atoms with Crippen LogP contribution in [0.5, 0.6) is 11.5 Å². The van der Waals surface area contributed by atoms with Gasteiger partial charge >= 0.3 is 0 Å². The lowest BCUT2D eigenvalue weighted by Crippen LogP contribution is -2.76. The first-order valence-electron chi connectivity index (χ1n) is 12.9. The van der Waals surface area contributed by atoms with E-state index >= 15 is 0 Å². The fraction of sp³-hybridized carbons (Fsp3) is 0.429. The van der Waals surface area contributed by atoms with Crippen molar-refractivity contribution in [2.24, 2.45) is 5.92 Å². The normalized spacial score (nSPS) is 32.9. The molecule has 1 aromatic carbocycles. The summed E-state index contributed by atoms with van der Waals surface area (Å²) in [5, 5.41) is 27.2. The Morgan fingerprint density at radius 1 is 1.30 bits per heavy atom. The zero-order chi connectivity index (χ0) is 24.2. The lowest BCUT2D eigenvalue weighted by atomic mass is 9.50. The van der Waals surface area contributed by atoms with Gasteiger partial charge in [0.15, 0.2) is 11.5 Å². The van der Waals surface area contributed by atoms with Crippen LogP contribution in [0.2, 0.25) is 0 Å². The highest BCUT2D eigenvalue weighted by Crippen LogP contribution is 2.64. The Morgan fingerprint density at radius 2 is 2.16 bits per heavy atom. The number of benzene rings is 1. The largest absolute Gasteiger partial charge is 0.504 e. The summed E-state index contributed by atoms with van der Waals surface area (Å²) in [6, 6.07) is 6.84. The molecule has 2 bridgehead atoms. The van der Waals surface area contributed by atoms with Gasteiger partial charge in [-0.15, -0.1) is 12.4 Å². The van der Waals surface area contributed by atoms with Gasteiger partial charge in [-0.3, -0.25) is 9.69 Å². The van der Waals surface area contributed by atoms with Gasteiger partial charge in [-0.2, -0.15) is 0 Å². The number of hydrogen-bond acceptors (Lipinski definition) is 6. The minimum absolute atomic E-state index is 0. The predicted octanol–water partition coefficient (Wildman–Crippen LogP) is 2.83. The number of hydrogen-bond donors (Lipinski definition) is 4. The molecule has 4 N–H and O–H groups in total. The molecule has 8 rings (SSSR count). The van der Waals surface area contributed by atoms with Crippen molar-refractivity contribution < 1.29 is 19.7 Å². The van der Waals surface area contributed by atoms with Crippen LogP contribution in [0.25, 0.3) is 11.0 Å². The Hall–Kier alpha value is -3.07. The number of rotatable bonds is 4. The number of piperidine rings is 1. The molecule has 1 saturated heterocycles. The number of nitrogens with zero attached hydrogens (tertiary/aromatic N) is 2. The third-order valence-electron chi connectivity index (χ3n) is 9.34. The van der Waals surface area contributed by atoms with Crippen LogP contribution in [0.4, 0.5) is 0 Å². The van der Waals surface area contributed by atoms with Crippen LogP contribution in [-0.2, 0) is 11.8 Å². The maximum atomic E-state index is 13.4. The second-order valence-electron chi connectivity index (χ2n) is 11.2. The van der Waals surface area contributed by atoms with E-state index in [0.29, 0.717) is 29.8 Å². The van der Waals surface area contributed by atoms with Crippen molar-refractivity contribution in [1.82, 2.24) is 20.2 Å². The first-order valence-corrected chi connectivity index (χ1v) is 12.9. The van der Waals surface area contributed by atoms with Crippen molar-refractivity contribution in [3.63, 3.8) is 0 Å². The highest BCUT2D eigenvalue weighted by Gasteiger charge is 2.72. The summed E-state index contributed by atoms with van der Waals surface area (Å²) in [6.07, 6.45) is 10.6. The van der Waals surface area contributed by atoms with Crippen molar-refractivity contribution in [2.75, 3.05) is 13.1 Å². The second kappa shape index (κ2) is 7.72. The molecule has 5 aliphatic rings. The SMILES string of the molecule is Cl.O=C(N[C@H]1C=C[C@@]2(O)[C@H]3Cc4ccc(O)c5c4[C@@]2(CCN3CC2CC2)[C@H]1O5)c1c[nH]c2ncccc12. The highest BCUT2D eigenvalue weighted by atomic mass is 35.5. The lowest BCUT2D eigenvalue weighted by Gasteiger charge is -2.62. The maximum absolute atomic E-state index is 13.4. The van der Waals surface area contributed by atoms with Gasteiger partial charge in [0.2, 0.25) is 0 Å². The molecule has 3 aromatic rings. The van der Waals surface area contributed by atoms with Gasteiger partial charge in [-0.1, -0.05) is 18.2 Å². The van der Waals surface area contributed by atoms with Crippen LogP contribution in [0, 0.1) is 5.92 Å². The fourth-order valence-electron chi connectivity index (χ4n) is 7.54. The van der Waals surface area contributed by atoms with Gasteiger partial charge in [0.1, 0.15) is 17.4 Å². The smallest absolute Gasteiger partial charge is 0.254 e. The van der Waals surface area contributed by atoms with Crippen LogP contribution in [-0.4, -0.2) is 67.9 Å². The van der Waals surface area contributed by atoms with Crippen LogP contribution < -0.4 is 10.1 Å². The van der Waals surface area contributed by atoms with E-state index < -0.39 is 23.2 Å². The molecule has 192 valence electrons. The van der Waals surface area contributed by atoms with E-state index in [0.717, 1.165) is 35.5 Å². The molecule has 2 aliphatic heterocycles. The van der Waals surface area contributed by atoms with Crippen molar-refractivity contribution >= 4 is 29.3 Å². The van der Waals surface area contributed by atoms with E-state index in [-0.39, 0.29) is 30.1 Å². The third-order valence-corrected chi connectivity index (χ3v) is 9.34. The number of aromatic nitrogens is 2. The molecule has 2 aromatic heterocycles. The summed E-state index contributed by atoms with van der Waals surface area (Å²) >= 11 is 0. The Kier molecular flexibility index (Phi) is 4.82. The highest BCUT2D eigenvalue weighted by molar-refractivity contribution is 6.06. The molecule has 2 fully saturated rings. The number of H-pyrrole nitrogens is 1. The average Bonchev–Trinajstić information content (AvgIpc) is 3.46. The molecule has 5 atom stereocenters. The first kappa shape index (κ1) is 23.1. The lowest BCUT2D eigenvalue weighted by molar-refractivity contribution is -0.144. The summed E-state index contributed by atoms with van der Waals surface area (Å²) in [7, 11) is 0. The number of amides is 1. The quantitative estimate of drug-likeness (QED) is 0.394. The number of pyridine rings is 1. The molecule has 1 amide bonds. The van der Waals surface area contributed by atoms with Gasteiger partial charge in [0.25, 0.3) is 5.91 Å². The number of aromatic amines is 1. The molecular formula is C28H29ClN4O4. The van der Waals surface area contributed by atoms with E-state index in [1.165, 1.54) is 12.8 Å². The summed E-state index contributed by atoms with van der Waals surface area (Å²) in [4.78, 5) is 23.3. The minimum Gasteiger partial charge on any atom is -0.504 e. The van der Waals surface area contributed by atoms with Crippen molar-refractivity contribution in [1.29, 1.82) is 0 Å². The number of aliphatic hydroxyl groups is 1. The molecule has 9 heteroatoms. The Balaban J connectivity index is 0.00000231. The predicted molar refractivity (Wildman–Crippen MR) is 139 cm³/mol. The minimum atomic E-state index is -1.14. The number of phenolic OH excluding ortho intramolecular Hbond substituents is 1. The van der Waals surface area contributed by atoms with Crippen LogP contribution in [0.1, 0.15) is 40.7 Å². The molecule has 3 aliphatic carbocycles. The third kappa shape index (κ3) is 2.92. The van der Waals surface area contributed by atoms with Gasteiger partial charge in [-0.05, 0) is 61.9 Å². The van der Waals surface area contributed by atoms with Crippen LogP contribution in [0.15, 0.2) is 48.8 Å². The number of fused-ring (bicyclic) bond motifs is 1. The summed E-state index contributed by atoms with van der Waals surface area (Å²) in [5.41, 5.74) is 1.37. The first-order chi connectivity index (χ1) is 17.5. The zero-order valence-corrected chi connectivity index (χ0v) is 21.0. The number of ether oxygens (including phenoxy) is 1. The van der Waals surface area contributed by atoms with E-state index in [1.54, 1.807) is 18.5 Å². The topological polar surface area (TPSA) is 111 Å². The zero-order valence-electron chi connectivity index (χ0n) is 20.2. The fourth-order valence-corrected chi connectivity index (χ4v) is 7.54. The number of carbonyl (C=O) groups excluding carboxylic acids is 1. The maximum Gasteiger partial charge on any atom is 0.254 e. The van der Waals surface area contributed by atoms with E-state index in [2.05, 4.69) is 20.2 Å².